The van der Waals surface area contributed by atoms with E-state index >= 15 is 0 Å². The summed E-state index contributed by atoms with van der Waals surface area (Å²) in [4.78, 5) is 23.8. The standard InChI is InChI=1S/C25H18F6N6O3S/c1-41(39)20-7-4-14(24(26,27)28)9-19(20)37-22(38)36-16-11-34-23(35-12-16)40-17-5-2-13(3-6-17)18-8-15(25(29,30)31)10-33-21(18)32/h2-12H,1H3,(H2,32,33)(H2,36,37,38). The molecule has 0 spiro atoms. The zero-order valence-electron chi connectivity index (χ0n) is 20.7. The van der Waals surface area contributed by atoms with Gasteiger partial charge in [-0.25, -0.2) is 19.7 Å². The number of hydrogen-bond acceptors (Lipinski definition) is 7. The number of benzene rings is 2. The first-order valence-electron chi connectivity index (χ1n) is 11.3. The van der Waals surface area contributed by atoms with Gasteiger partial charge in [-0.05, 0) is 42.0 Å². The van der Waals surface area contributed by atoms with Crippen molar-refractivity contribution in [2.24, 2.45) is 0 Å². The fraction of sp³-hybridized carbons (Fsp3) is 0.120. The minimum atomic E-state index is -4.67. The van der Waals surface area contributed by atoms with Crippen LogP contribution in [0.3, 0.4) is 0 Å². The quantitative estimate of drug-likeness (QED) is 0.222. The zero-order valence-corrected chi connectivity index (χ0v) is 21.5. The monoisotopic (exact) mass is 596 g/mol. The molecule has 2 aromatic heterocycles. The lowest BCUT2D eigenvalue weighted by molar-refractivity contribution is -0.138. The van der Waals surface area contributed by atoms with Crippen LogP contribution >= 0.6 is 0 Å². The number of ether oxygens (including phenoxy) is 1. The Morgan fingerprint density at radius 2 is 1.49 bits per heavy atom. The molecule has 0 saturated carbocycles. The van der Waals surface area contributed by atoms with Crippen molar-refractivity contribution in [2.45, 2.75) is 17.2 Å². The largest absolute Gasteiger partial charge is 0.424 e. The van der Waals surface area contributed by atoms with Crippen molar-refractivity contribution >= 4 is 34.0 Å². The highest BCUT2D eigenvalue weighted by Crippen LogP contribution is 2.35. The van der Waals surface area contributed by atoms with Crippen LogP contribution in [0.25, 0.3) is 11.1 Å². The number of aromatic nitrogens is 3. The maximum Gasteiger partial charge on any atom is 0.417 e. The number of hydrogen-bond donors (Lipinski definition) is 3. The van der Waals surface area contributed by atoms with Crippen LogP contribution in [-0.4, -0.2) is 31.4 Å². The van der Waals surface area contributed by atoms with Gasteiger partial charge >= 0.3 is 24.4 Å². The van der Waals surface area contributed by atoms with Crippen molar-refractivity contribution in [3.8, 4) is 22.9 Å². The number of pyridine rings is 1. The van der Waals surface area contributed by atoms with Crippen LogP contribution in [0.5, 0.6) is 11.8 Å². The van der Waals surface area contributed by atoms with Crippen LogP contribution in [0.2, 0.25) is 0 Å². The third-order valence-electron chi connectivity index (χ3n) is 5.37. The van der Waals surface area contributed by atoms with Crippen molar-refractivity contribution in [3.63, 3.8) is 0 Å². The number of nitrogens with one attached hydrogen (secondary N) is 2. The number of anilines is 3. The number of alkyl halides is 6. The van der Waals surface area contributed by atoms with Gasteiger partial charge in [0, 0.05) is 18.0 Å². The molecule has 0 radical (unpaired) electrons. The van der Waals surface area contributed by atoms with Crippen LogP contribution in [0, 0.1) is 0 Å². The normalized spacial score (nSPS) is 12.5. The van der Waals surface area contributed by atoms with Gasteiger partial charge in [-0.15, -0.1) is 0 Å². The van der Waals surface area contributed by atoms with Crippen molar-refractivity contribution in [2.75, 3.05) is 22.6 Å². The average molecular weight is 597 g/mol. The number of carbonyl (C=O) groups excluding carboxylic acids is 1. The molecule has 0 fully saturated rings. The molecule has 0 aliphatic rings. The smallest absolute Gasteiger partial charge is 0.417 e. The summed E-state index contributed by atoms with van der Waals surface area (Å²) in [7, 11) is -1.69. The second-order valence-electron chi connectivity index (χ2n) is 8.28. The Bertz CT molecular complexity index is 1600. The number of rotatable bonds is 6. The molecule has 4 aromatic rings. The minimum Gasteiger partial charge on any atom is -0.424 e. The third kappa shape index (κ3) is 7.27. The first-order chi connectivity index (χ1) is 19.2. The Morgan fingerprint density at radius 3 is 2.07 bits per heavy atom. The molecule has 4 N–H and O–H groups in total. The summed E-state index contributed by atoms with van der Waals surface area (Å²) in [5.74, 6) is 0.143. The molecule has 0 aliphatic carbocycles. The highest BCUT2D eigenvalue weighted by atomic mass is 32.2. The second-order valence-corrected chi connectivity index (χ2v) is 9.63. The molecule has 214 valence electrons. The van der Waals surface area contributed by atoms with Crippen LogP contribution in [0.4, 0.5) is 48.3 Å². The molecule has 2 amide bonds. The highest BCUT2D eigenvalue weighted by Gasteiger charge is 2.32. The predicted molar refractivity (Wildman–Crippen MR) is 138 cm³/mol. The van der Waals surface area contributed by atoms with Crippen molar-refractivity contribution < 1.29 is 40.1 Å². The Kier molecular flexibility index (Phi) is 8.14. The predicted octanol–water partition coefficient (Wildman–Crippen LogP) is 6.33. The lowest BCUT2D eigenvalue weighted by Gasteiger charge is -2.14. The van der Waals surface area contributed by atoms with Crippen molar-refractivity contribution in [3.05, 3.63) is 78.2 Å². The summed E-state index contributed by atoms with van der Waals surface area (Å²) in [6, 6.07) is 8.08. The van der Waals surface area contributed by atoms with E-state index < -0.39 is 40.3 Å². The van der Waals surface area contributed by atoms with E-state index in [2.05, 4.69) is 25.6 Å². The van der Waals surface area contributed by atoms with Crippen LogP contribution < -0.4 is 21.1 Å². The molecule has 16 heteroatoms. The summed E-state index contributed by atoms with van der Waals surface area (Å²) >= 11 is 0. The Balaban J connectivity index is 1.42. The summed E-state index contributed by atoms with van der Waals surface area (Å²) in [5.41, 5.74) is 3.97. The third-order valence-corrected chi connectivity index (χ3v) is 6.35. The summed E-state index contributed by atoms with van der Waals surface area (Å²) in [6.07, 6.45) is -5.04. The molecule has 2 aromatic carbocycles. The maximum atomic E-state index is 13.1. The van der Waals surface area contributed by atoms with Crippen LogP contribution in [-0.2, 0) is 23.2 Å². The van der Waals surface area contributed by atoms with Gasteiger partial charge in [-0.3, -0.25) is 4.21 Å². The van der Waals surface area contributed by atoms with Crippen LogP contribution in [0.1, 0.15) is 11.1 Å². The molecule has 0 bridgehead atoms. The number of urea groups is 1. The SMILES string of the molecule is CS(=O)c1ccc(C(F)(F)F)cc1NC(=O)Nc1cnc(Oc2ccc(-c3cc(C(F)(F)F)cnc3N)cc2)nc1. The minimum absolute atomic E-state index is 0.00817. The molecular formula is C25H18F6N6O3S. The van der Waals surface area contributed by atoms with Crippen molar-refractivity contribution in [1.29, 1.82) is 0 Å². The van der Waals surface area contributed by atoms with Crippen LogP contribution in [0.15, 0.2) is 72.0 Å². The van der Waals surface area contributed by atoms with E-state index in [9.17, 15) is 35.3 Å². The van der Waals surface area contributed by atoms with Gasteiger partial charge in [-0.2, -0.15) is 26.3 Å². The maximum absolute atomic E-state index is 13.1. The molecule has 1 atom stereocenters. The molecule has 9 nitrogen and oxygen atoms in total. The molecule has 4 rings (SSSR count). The molecule has 1 unspecified atom stereocenters. The topological polar surface area (TPSA) is 132 Å². The summed E-state index contributed by atoms with van der Waals surface area (Å²) in [5, 5.41) is 4.58. The highest BCUT2D eigenvalue weighted by molar-refractivity contribution is 7.84. The first-order valence-corrected chi connectivity index (χ1v) is 12.8. The Hall–Kier alpha value is -4.73. The van der Waals surface area contributed by atoms with E-state index in [4.69, 9.17) is 10.5 Å². The lowest BCUT2D eigenvalue weighted by Crippen LogP contribution is -2.21. The fourth-order valence-corrected chi connectivity index (χ4v) is 4.12. The lowest BCUT2D eigenvalue weighted by atomic mass is 10.0. The number of carbonyl (C=O) groups is 1. The number of amides is 2. The average Bonchev–Trinajstić information content (AvgIpc) is 2.89. The van der Waals surface area contributed by atoms with Gasteiger partial charge in [0.15, 0.2) is 0 Å². The number of halogens is 6. The van der Waals surface area contributed by atoms with Gasteiger partial charge in [0.25, 0.3) is 0 Å². The fourth-order valence-electron chi connectivity index (χ4n) is 3.44. The van der Waals surface area contributed by atoms with E-state index in [1.165, 1.54) is 30.5 Å². The zero-order chi connectivity index (χ0) is 29.9. The first kappa shape index (κ1) is 29.3. The van der Waals surface area contributed by atoms with Gasteiger partial charge in [0.2, 0.25) is 0 Å². The molecular weight excluding hydrogens is 578 g/mol. The Labute approximate surface area is 230 Å². The second kappa shape index (κ2) is 11.4. The number of nitrogens with zero attached hydrogens (tertiary/aromatic N) is 3. The number of nitrogens with two attached hydrogens (primary N) is 1. The molecule has 0 saturated heterocycles. The number of nitrogen functional groups attached to an aromatic ring is 1. The van der Waals surface area contributed by atoms with Crippen molar-refractivity contribution in [1.82, 2.24) is 15.0 Å². The van der Waals surface area contributed by atoms with Gasteiger partial charge in [-0.1, -0.05) is 12.1 Å². The van der Waals surface area contributed by atoms with Gasteiger partial charge < -0.3 is 21.1 Å². The van der Waals surface area contributed by atoms with Gasteiger partial charge in [0.1, 0.15) is 11.6 Å². The Morgan fingerprint density at radius 1 is 0.854 bits per heavy atom. The summed E-state index contributed by atoms with van der Waals surface area (Å²) < 4.78 is 95.7. The van der Waals surface area contributed by atoms with E-state index in [1.54, 1.807) is 0 Å². The van der Waals surface area contributed by atoms with E-state index in [0.29, 0.717) is 17.8 Å². The van der Waals surface area contributed by atoms with E-state index in [0.717, 1.165) is 30.6 Å². The molecule has 0 aliphatic heterocycles. The van der Waals surface area contributed by atoms with E-state index in [1.807, 2.05) is 0 Å². The summed E-state index contributed by atoms with van der Waals surface area (Å²) in [6.45, 7) is 0. The molecule has 2 heterocycles. The van der Waals surface area contributed by atoms with E-state index in [-0.39, 0.29) is 39.4 Å². The molecule has 41 heavy (non-hydrogen) atoms. The van der Waals surface area contributed by atoms with Gasteiger partial charge in [0.05, 0.1) is 50.6 Å².